The SMILES string of the molecule is Cc1ccc(C(C)C)cc1.O=CNC1CCNC1. The topological polar surface area (TPSA) is 41.1 Å². The number of carbonyl (C=O) groups excluding carboxylic acids is 1. The van der Waals surface area contributed by atoms with E-state index in [1.165, 1.54) is 11.1 Å². The molecule has 100 valence electrons. The summed E-state index contributed by atoms with van der Waals surface area (Å²) in [6.07, 6.45) is 1.83. The van der Waals surface area contributed by atoms with Gasteiger partial charge in [0, 0.05) is 12.6 Å². The summed E-state index contributed by atoms with van der Waals surface area (Å²) < 4.78 is 0. The fourth-order valence-corrected chi connectivity index (χ4v) is 1.84. The summed E-state index contributed by atoms with van der Waals surface area (Å²) in [6, 6.07) is 9.09. The van der Waals surface area contributed by atoms with Crippen molar-refractivity contribution >= 4 is 6.41 Å². The summed E-state index contributed by atoms with van der Waals surface area (Å²) in [5.41, 5.74) is 2.76. The molecule has 1 heterocycles. The van der Waals surface area contributed by atoms with E-state index in [4.69, 9.17) is 0 Å². The molecule has 1 fully saturated rings. The van der Waals surface area contributed by atoms with Gasteiger partial charge in [0.05, 0.1) is 0 Å². The maximum Gasteiger partial charge on any atom is 0.207 e. The van der Waals surface area contributed by atoms with Crippen molar-refractivity contribution in [2.45, 2.75) is 39.2 Å². The van der Waals surface area contributed by atoms with Crippen LogP contribution in [0.25, 0.3) is 0 Å². The number of benzene rings is 1. The van der Waals surface area contributed by atoms with Crippen molar-refractivity contribution in [3.05, 3.63) is 35.4 Å². The molecule has 0 saturated carbocycles. The first-order valence-corrected chi connectivity index (χ1v) is 6.60. The summed E-state index contributed by atoms with van der Waals surface area (Å²) in [4.78, 5) is 9.82. The molecule has 0 aliphatic carbocycles. The van der Waals surface area contributed by atoms with Crippen molar-refractivity contribution in [3.8, 4) is 0 Å². The lowest BCUT2D eigenvalue weighted by molar-refractivity contribution is -0.110. The number of nitrogens with one attached hydrogen (secondary N) is 2. The lowest BCUT2D eigenvalue weighted by Gasteiger charge is -2.03. The molecular weight excluding hydrogens is 224 g/mol. The van der Waals surface area contributed by atoms with E-state index in [-0.39, 0.29) is 0 Å². The molecular formula is C15H24N2O. The highest BCUT2D eigenvalue weighted by Gasteiger charge is 2.11. The fraction of sp³-hybridized carbons (Fsp3) is 0.533. The first-order valence-electron chi connectivity index (χ1n) is 6.60. The predicted octanol–water partition coefficient (Wildman–Crippen LogP) is 2.21. The van der Waals surface area contributed by atoms with Crippen molar-refractivity contribution < 1.29 is 4.79 Å². The Morgan fingerprint density at radius 1 is 1.33 bits per heavy atom. The van der Waals surface area contributed by atoms with Crippen molar-refractivity contribution in [2.24, 2.45) is 0 Å². The van der Waals surface area contributed by atoms with Crippen LogP contribution in [-0.4, -0.2) is 25.5 Å². The maximum absolute atomic E-state index is 9.82. The molecule has 1 aliphatic heterocycles. The molecule has 18 heavy (non-hydrogen) atoms. The standard InChI is InChI=1S/C10H14.C5H10N2O/c1-8(2)10-6-4-9(3)5-7-10;8-4-7-5-1-2-6-3-5/h4-8H,1-3H3;4-6H,1-3H2,(H,7,8). The minimum atomic E-state index is 0.382. The van der Waals surface area contributed by atoms with Gasteiger partial charge in [-0.25, -0.2) is 0 Å². The highest BCUT2D eigenvalue weighted by atomic mass is 16.1. The molecule has 1 aromatic rings. The van der Waals surface area contributed by atoms with E-state index in [0.29, 0.717) is 12.0 Å². The minimum Gasteiger partial charge on any atom is -0.355 e. The van der Waals surface area contributed by atoms with E-state index in [1.54, 1.807) is 0 Å². The molecule has 1 unspecified atom stereocenters. The van der Waals surface area contributed by atoms with Gasteiger partial charge in [-0.3, -0.25) is 4.79 Å². The van der Waals surface area contributed by atoms with Crippen molar-refractivity contribution in [2.75, 3.05) is 13.1 Å². The van der Waals surface area contributed by atoms with Gasteiger partial charge in [0.25, 0.3) is 0 Å². The van der Waals surface area contributed by atoms with Crippen molar-refractivity contribution in [1.29, 1.82) is 0 Å². The van der Waals surface area contributed by atoms with Gasteiger partial charge < -0.3 is 10.6 Å². The molecule has 1 amide bonds. The van der Waals surface area contributed by atoms with Crippen LogP contribution in [0.4, 0.5) is 0 Å². The van der Waals surface area contributed by atoms with E-state index in [1.807, 2.05) is 0 Å². The van der Waals surface area contributed by atoms with Gasteiger partial charge in [0.1, 0.15) is 0 Å². The van der Waals surface area contributed by atoms with Gasteiger partial charge in [-0.15, -0.1) is 0 Å². The van der Waals surface area contributed by atoms with Gasteiger partial charge in [-0.05, 0) is 31.4 Å². The molecule has 0 radical (unpaired) electrons. The average Bonchev–Trinajstić information content (AvgIpc) is 2.84. The third kappa shape index (κ3) is 5.32. The molecule has 0 aromatic heterocycles. The number of carbonyl (C=O) groups is 1. The number of rotatable bonds is 3. The van der Waals surface area contributed by atoms with Gasteiger partial charge in [-0.1, -0.05) is 43.7 Å². The molecule has 0 bridgehead atoms. The molecule has 1 aliphatic rings. The van der Waals surface area contributed by atoms with Gasteiger partial charge in [-0.2, -0.15) is 0 Å². The third-order valence-electron chi connectivity index (χ3n) is 3.11. The highest BCUT2D eigenvalue weighted by Crippen LogP contribution is 2.13. The van der Waals surface area contributed by atoms with E-state index in [0.717, 1.165) is 25.9 Å². The number of hydrogen-bond donors (Lipinski definition) is 2. The quantitative estimate of drug-likeness (QED) is 0.805. The highest BCUT2D eigenvalue weighted by molar-refractivity contribution is 5.46. The zero-order chi connectivity index (χ0) is 13.4. The van der Waals surface area contributed by atoms with Crippen LogP contribution in [0, 0.1) is 6.92 Å². The van der Waals surface area contributed by atoms with E-state index < -0.39 is 0 Å². The van der Waals surface area contributed by atoms with E-state index in [9.17, 15) is 4.79 Å². The second-order valence-electron chi connectivity index (χ2n) is 5.04. The zero-order valence-corrected chi connectivity index (χ0v) is 11.6. The lowest BCUT2D eigenvalue weighted by atomic mass is 10.0. The number of amides is 1. The Kier molecular flexibility index (Phi) is 6.44. The van der Waals surface area contributed by atoms with Crippen LogP contribution in [0.5, 0.6) is 0 Å². The summed E-state index contributed by atoms with van der Waals surface area (Å²) in [5, 5.41) is 5.84. The van der Waals surface area contributed by atoms with Crippen molar-refractivity contribution in [1.82, 2.24) is 10.6 Å². The Hall–Kier alpha value is -1.35. The predicted molar refractivity (Wildman–Crippen MR) is 75.7 cm³/mol. The molecule has 1 aromatic carbocycles. The monoisotopic (exact) mass is 248 g/mol. The van der Waals surface area contributed by atoms with Crippen LogP contribution in [0.3, 0.4) is 0 Å². The van der Waals surface area contributed by atoms with Crippen LogP contribution in [0.15, 0.2) is 24.3 Å². The minimum absolute atomic E-state index is 0.382. The molecule has 3 nitrogen and oxygen atoms in total. The summed E-state index contributed by atoms with van der Waals surface area (Å²) >= 11 is 0. The summed E-state index contributed by atoms with van der Waals surface area (Å²) in [7, 11) is 0. The van der Waals surface area contributed by atoms with Gasteiger partial charge >= 0.3 is 0 Å². The Bertz CT molecular complexity index is 340. The normalized spacial score (nSPS) is 18.1. The van der Waals surface area contributed by atoms with Crippen LogP contribution in [0.2, 0.25) is 0 Å². The maximum atomic E-state index is 9.82. The Morgan fingerprint density at radius 3 is 2.44 bits per heavy atom. The lowest BCUT2D eigenvalue weighted by Crippen LogP contribution is -2.29. The molecule has 2 N–H and O–H groups in total. The number of hydrogen-bond acceptors (Lipinski definition) is 2. The summed E-state index contributed by atoms with van der Waals surface area (Å²) in [6.45, 7) is 8.50. The average molecular weight is 248 g/mol. The smallest absolute Gasteiger partial charge is 0.207 e. The molecule has 2 rings (SSSR count). The van der Waals surface area contributed by atoms with Crippen LogP contribution in [0.1, 0.15) is 37.3 Å². The van der Waals surface area contributed by atoms with Crippen LogP contribution >= 0.6 is 0 Å². The van der Waals surface area contributed by atoms with Crippen LogP contribution < -0.4 is 10.6 Å². The largest absolute Gasteiger partial charge is 0.355 e. The van der Waals surface area contributed by atoms with Crippen molar-refractivity contribution in [3.63, 3.8) is 0 Å². The Balaban J connectivity index is 0.000000184. The zero-order valence-electron chi connectivity index (χ0n) is 11.6. The second kappa shape index (κ2) is 7.88. The van der Waals surface area contributed by atoms with Gasteiger partial charge in [0.15, 0.2) is 0 Å². The third-order valence-corrected chi connectivity index (χ3v) is 3.11. The Labute approximate surface area is 110 Å². The summed E-state index contributed by atoms with van der Waals surface area (Å²) in [5.74, 6) is 0.653. The molecule has 3 heteroatoms. The molecule has 1 atom stereocenters. The number of aryl methyl sites for hydroxylation is 1. The second-order valence-corrected chi connectivity index (χ2v) is 5.04. The van der Waals surface area contributed by atoms with Crippen LogP contribution in [-0.2, 0) is 4.79 Å². The molecule has 0 spiro atoms. The fourth-order valence-electron chi connectivity index (χ4n) is 1.84. The molecule has 1 saturated heterocycles. The first kappa shape index (κ1) is 14.7. The van der Waals surface area contributed by atoms with E-state index in [2.05, 4.69) is 55.7 Å². The van der Waals surface area contributed by atoms with Gasteiger partial charge in [0.2, 0.25) is 6.41 Å². The Morgan fingerprint density at radius 2 is 2.00 bits per heavy atom. The van der Waals surface area contributed by atoms with E-state index >= 15 is 0 Å². The first-order chi connectivity index (χ1) is 8.63.